The van der Waals surface area contributed by atoms with E-state index in [9.17, 15) is 13.2 Å². The van der Waals surface area contributed by atoms with E-state index in [4.69, 9.17) is 4.74 Å². The Morgan fingerprint density at radius 2 is 1.83 bits per heavy atom. The van der Waals surface area contributed by atoms with E-state index in [-0.39, 0.29) is 12.5 Å². The highest BCUT2D eigenvalue weighted by Gasteiger charge is 2.37. The molecule has 8 heteroatoms. The van der Waals surface area contributed by atoms with Crippen LogP contribution >= 0.6 is 0 Å². The first-order valence-corrected chi connectivity index (χ1v) is 9.42. The van der Waals surface area contributed by atoms with Gasteiger partial charge in [-0.25, -0.2) is 8.42 Å². The number of carbonyl (C=O) groups is 1. The summed E-state index contributed by atoms with van der Waals surface area (Å²) in [5.41, 5.74) is 0.484. The van der Waals surface area contributed by atoms with Crippen molar-refractivity contribution < 1.29 is 17.9 Å². The maximum absolute atomic E-state index is 12.7. The number of rotatable bonds is 2. The van der Waals surface area contributed by atoms with Crippen molar-refractivity contribution in [1.82, 2.24) is 9.80 Å². The van der Waals surface area contributed by atoms with Crippen molar-refractivity contribution in [2.45, 2.75) is 6.10 Å². The zero-order chi connectivity index (χ0) is 16.6. The molecule has 3 rings (SSSR count). The molecule has 0 aliphatic carbocycles. The molecule has 1 amide bonds. The minimum absolute atomic E-state index is 0.0149. The Balaban J connectivity index is 1.84. The Kier molecular flexibility index (Phi) is 4.20. The molecule has 1 atom stereocenters. The molecule has 2 heterocycles. The van der Waals surface area contributed by atoms with E-state index in [1.807, 2.05) is 7.05 Å². The van der Waals surface area contributed by atoms with Gasteiger partial charge >= 0.3 is 0 Å². The molecule has 1 aromatic rings. The number of likely N-dealkylation sites (N-methyl/N-ethyl adjacent to an activating group) is 1. The highest BCUT2D eigenvalue weighted by Crippen LogP contribution is 2.34. The molecule has 0 saturated carbocycles. The number of piperazine rings is 1. The largest absolute Gasteiger partial charge is 0.476 e. The average molecular weight is 339 g/mol. The smallest absolute Gasteiger partial charge is 0.265 e. The Hall–Kier alpha value is -1.80. The van der Waals surface area contributed by atoms with Crippen LogP contribution in [0.3, 0.4) is 0 Å². The van der Waals surface area contributed by atoms with Gasteiger partial charge in [-0.05, 0) is 19.2 Å². The molecular formula is C15H21N3O4S. The second-order valence-electron chi connectivity index (χ2n) is 6.00. The Bertz CT molecular complexity index is 698. The van der Waals surface area contributed by atoms with Crippen LogP contribution in [0.15, 0.2) is 24.3 Å². The van der Waals surface area contributed by atoms with E-state index >= 15 is 0 Å². The van der Waals surface area contributed by atoms with Crippen LogP contribution in [-0.2, 0) is 14.8 Å². The number of fused-ring (bicyclic) bond motifs is 1. The van der Waals surface area contributed by atoms with Crippen LogP contribution in [0.25, 0.3) is 0 Å². The maximum Gasteiger partial charge on any atom is 0.265 e. The number of nitrogens with zero attached hydrogens (tertiary/aromatic N) is 3. The summed E-state index contributed by atoms with van der Waals surface area (Å²) in [6.45, 7) is 2.90. The summed E-state index contributed by atoms with van der Waals surface area (Å²) >= 11 is 0. The van der Waals surface area contributed by atoms with Gasteiger partial charge in [0.2, 0.25) is 10.0 Å². The standard InChI is InChI=1S/C15H21N3O4S/c1-16-7-9-17(10-8-16)15(19)14-11-18(23(2,20)21)12-5-3-4-6-13(12)22-14/h3-6,14H,7-11H2,1-2H3/t14-/m1/s1. The molecule has 1 aromatic carbocycles. The zero-order valence-electron chi connectivity index (χ0n) is 13.3. The number of amides is 1. The molecule has 23 heavy (non-hydrogen) atoms. The Morgan fingerprint density at radius 1 is 1.17 bits per heavy atom. The van der Waals surface area contributed by atoms with Crippen molar-refractivity contribution in [3.63, 3.8) is 0 Å². The lowest BCUT2D eigenvalue weighted by Gasteiger charge is -2.38. The minimum atomic E-state index is -3.47. The van der Waals surface area contributed by atoms with Crippen LogP contribution in [0.2, 0.25) is 0 Å². The molecule has 0 bridgehead atoms. The SMILES string of the molecule is CN1CCN(C(=O)[C@H]2CN(S(C)(=O)=O)c3ccccc3O2)CC1. The van der Waals surface area contributed by atoms with Gasteiger partial charge in [0.1, 0.15) is 5.75 Å². The topological polar surface area (TPSA) is 70.2 Å². The van der Waals surface area contributed by atoms with Crippen molar-refractivity contribution >= 4 is 21.6 Å². The van der Waals surface area contributed by atoms with Gasteiger partial charge in [-0.2, -0.15) is 0 Å². The monoisotopic (exact) mass is 339 g/mol. The summed E-state index contributed by atoms with van der Waals surface area (Å²) in [4.78, 5) is 16.6. The van der Waals surface area contributed by atoms with E-state index in [1.165, 1.54) is 4.31 Å². The number of hydrogen-bond donors (Lipinski definition) is 0. The molecule has 0 N–H and O–H groups in total. The molecule has 1 fully saturated rings. The van der Waals surface area contributed by atoms with Crippen LogP contribution in [0, 0.1) is 0 Å². The summed E-state index contributed by atoms with van der Waals surface area (Å²) in [5, 5.41) is 0. The fraction of sp³-hybridized carbons (Fsp3) is 0.533. The average Bonchev–Trinajstić information content (AvgIpc) is 2.53. The second-order valence-corrected chi connectivity index (χ2v) is 7.90. The van der Waals surface area contributed by atoms with Crippen LogP contribution in [0.5, 0.6) is 5.75 Å². The Labute approximate surface area is 136 Å². The molecule has 2 aliphatic rings. The second kappa shape index (κ2) is 6.01. The quantitative estimate of drug-likeness (QED) is 0.758. The third-order valence-corrected chi connectivity index (χ3v) is 5.37. The van der Waals surface area contributed by atoms with Crippen LogP contribution < -0.4 is 9.04 Å². The lowest BCUT2D eigenvalue weighted by Crippen LogP contribution is -2.55. The maximum atomic E-state index is 12.7. The lowest BCUT2D eigenvalue weighted by atomic mass is 10.2. The Morgan fingerprint density at radius 3 is 2.48 bits per heavy atom. The molecule has 2 aliphatic heterocycles. The fourth-order valence-electron chi connectivity index (χ4n) is 2.88. The molecule has 0 aromatic heterocycles. The predicted octanol–water partition coefficient (Wildman–Crippen LogP) is -0.0124. The van der Waals surface area contributed by atoms with Crippen LogP contribution in [-0.4, -0.2) is 76.3 Å². The zero-order valence-corrected chi connectivity index (χ0v) is 14.1. The number of para-hydroxylation sites is 2. The van der Waals surface area contributed by atoms with Gasteiger partial charge in [-0.15, -0.1) is 0 Å². The van der Waals surface area contributed by atoms with Gasteiger partial charge in [-0.1, -0.05) is 12.1 Å². The molecule has 0 spiro atoms. The van der Waals surface area contributed by atoms with Crippen molar-refractivity contribution in [3.05, 3.63) is 24.3 Å². The lowest BCUT2D eigenvalue weighted by molar-refractivity contribution is -0.140. The molecule has 126 valence electrons. The molecule has 0 radical (unpaired) electrons. The third-order valence-electron chi connectivity index (χ3n) is 4.23. The van der Waals surface area contributed by atoms with Crippen molar-refractivity contribution in [3.8, 4) is 5.75 Å². The van der Waals surface area contributed by atoms with E-state index in [0.717, 1.165) is 19.3 Å². The summed E-state index contributed by atoms with van der Waals surface area (Å²) in [5.74, 6) is 0.276. The molecule has 7 nitrogen and oxygen atoms in total. The fourth-order valence-corrected chi connectivity index (χ4v) is 3.79. The first kappa shape index (κ1) is 16.1. The first-order chi connectivity index (χ1) is 10.9. The summed E-state index contributed by atoms with van der Waals surface area (Å²) in [6.07, 6.45) is 0.343. The summed E-state index contributed by atoms with van der Waals surface area (Å²) in [6, 6.07) is 6.90. The number of benzene rings is 1. The van der Waals surface area contributed by atoms with E-state index < -0.39 is 16.1 Å². The normalized spacial score (nSPS) is 22.4. The number of sulfonamides is 1. The van der Waals surface area contributed by atoms with E-state index in [2.05, 4.69) is 4.90 Å². The number of hydrogen-bond acceptors (Lipinski definition) is 5. The minimum Gasteiger partial charge on any atom is -0.476 e. The van der Waals surface area contributed by atoms with Gasteiger partial charge in [0.15, 0.2) is 6.10 Å². The third kappa shape index (κ3) is 3.28. The van der Waals surface area contributed by atoms with Crippen molar-refractivity contribution in [2.75, 3.05) is 50.3 Å². The number of carbonyl (C=O) groups excluding carboxylic acids is 1. The number of anilines is 1. The van der Waals surface area contributed by atoms with Crippen molar-refractivity contribution in [2.24, 2.45) is 0 Å². The predicted molar refractivity (Wildman–Crippen MR) is 87.1 cm³/mol. The van der Waals surface area contributed by atoms with Crippen LogP contribution in [0.4, 0.5) is 5.69 Å². The van der Waals surface area contributed by atoms with Crippen molar-refractivity contribution in [1.29, 1.82) is 0 Å². The van der Waals surface area contributed by atoms with Crippen LogP contribution in [0.1, 0.15) is 0 Å². The molecule has 1 saturated heterocycles. The van der Waals surface area contributed by atoms with Gasteiger partial charge in [-0.3, -0.25) is 9.10 Å². The van der Waals surface area contributed by atoms with E-state index in [1.54, 1.807) is 29.2 Å². The van der Waals surface area contributed by atoms with Gasteiger partial charge in [0, 0.05) is 26.2 Å². The summed E-state index contributed by atoms with van der Waals surface area (Å²) in [7, 11) is -1.46. The number of ether oxygens (including phenoxy) is 1. The van der Waals surface area contributed by atoms with Gasteiger partial charge < -0.3 is 14.5 Å². The summed E-state index contributed by atoms with van der Waals surface area (Å²) < 4.78 is 31.2. The first-order valence-electron chi connectivity index (χ1n) is 7.57. The van der Waals surface area contributed by atoms with Gasteiger partial charge in [0.25, 0.3) is 5.91 Å². The molecule has 0 unspecified atom stereocenters. The molecular weight excluding hydrogens is 318 g/mol. The highest BCUT2D eigenvalue weighted by atomic mass is 32.2. The van der Waals surface area contributed by atoms with Gasteiger partial charge in [0.05, 0.1) is 18.5 Å². The highest BCUT2D eigenvalue weighted by molar-refractivity contribution is 7.92. The van der Waals surface area contributed by atoms with E-state index in [0.29, 0.717) is 24.5 Å².